The molecule has 1 aliphatic heterocycles. The second kappa shape index (κ2) is 8.06. The highest BCUT2D eigenvalue weighted by atomic mass is 16.6. The maximum atomic E-state index is 12.3. The van der Waals surface area contributed by atoms with E-state index in [4.69, 9.17) is 4.74 Å². The molecule has 0 bridgehead atoms. The number of nitrogens with one attached hydrogen (secondary N) is 1. The third-order valence-corrected chi connectivity index (χ3v) is 4.66. The predicted molar refractivity (Wildman–Crippen MR) is 92.4 cm³/mol. The minimum Gasteiger partial charge on any atom is -0.469 e. The number of nitro groups is 1. The van der Waals surface area contributed by atoms with Gasteiger partial charge in [0, 0.05) is 6.07 Å². The van der Waals surface area contributed by atoms with Gasteiger partial charge in [-0.3, -0.25) is 24.6 Å². The molecule has 8 nitrogen and oxygen atoms in total. The van der Waals surface area contributed by atoms with Gasteiger partial charge in [-0.2, -0.15) is 0 Å². The highest BCUT2D eigenvalue weighted by molar-refractivity contribution is 5.95. The lowest BCUT2D eigenvalue weighted by Crippen LogP contribution is -2.41. The van der Waals surface area contributed by atoms with Gasteiger partial charge in [0.05, 0.1) is 24.5 Å². The van der Waals surface area contributed by atoms with Crippen molar-refractivity contribution < 1.29 is 19.2 Å². The van der Waals surface area contributed by atoms with Gasteiger partial charge in [0.2, 0.25) is 5.91 Å². The lowest BCUT2D eigenvalue weighted by atomic mass is 9.97. The molecule has 0 saturated carbocycles. The fourth-order valence-corrected chi connectivity index (χ4v) is 2.99. The van der Waals surface area contributed by atoms with Crippen molar-refractivity contribution in [3.8, 4) is 0 Å². The number of anilines is 1. The molecule has 1 fully saturated rings. The largest absolute Gasteiger partial charge is 0.469 e. The fourth-order valence-electron chi connectivity index (χ4n) is 2.99. The Kier molecular flexibility index (Phi) is 6.08. The van der Waals surface area contributed by atoms with Crippen LogP contribution < -0.4 is 5.32 Å². The number of nitro benzene ring substituents is 1. The van der Waals surface area contributed by atoms with Crippen LogP contribution >= 0.6 is 0 Å². The van der Waals surface area contributed by atoms with E-state index < -0.39 is 4.92 Å². The Bertz CT molecular complexity index is 681. The SMILES string of the molecule is COC(=O)C1CCN(CC(=O)Nc2c([N+](=O)[O-])ccc(C)c2C)CC1. The van der Waals surface area contributed by atoms with Crippen molar-refractivity contribution in [3.63, 3.8) is 0 Å². The third kappa shape index (κ3) is 4.54. The van der Waals surface area contributed by atoms with Gasteiger partial charge in [0.15, 0.2) is 0 Å². The number of hydrogen-bond acceptors (Lipinski definition) is 6. The summed E-state index contributed by atoms with van der Waals surface area (Å²) < 4.78 is 4.74. The molecule has 2 rings (SSSR count). The van der Waals surface area contributed by atoms with Gasteiger partial charge in [0.25, 0.3) is 5.69 Å². The van der Waals surface area contributed by atoms with E-state index in [1.54, 1.807) is 13.0 Å². The number of benzene rings is 1. The molecule has 136 valence electrons. The van der Waals surface area contributed by atoms with Gasteiger partial charge in [-0.25, -0.2) is 0 Å². The molecule has 0 aliphatic carbocycles. The Morgan fingerprint density at radius 2 is 1.96 bits per heavy atom. The van der Waals surface area contributed by atoms with Crippen LogP contribution in [-0.4, -0.2) is 48.4 Å². The van der Waals surface area contributed by atoms with Crippen molar-refractivity contribution >= 4 is 23.3 Å². The van der Waals surface area contributed by atoms with Gasteiger partial charge in [-0.1, -0.05) is 6.07 Å². The first kappa shape index (κ1) is 18.9. The number of amides is 1. The summed E-state index contributed by atoms with van der Waals surface area (Å²) in [6, 6.07) is 3.07. The molecule has 1 aromatic carbocycles. The van der Waals surface area contributed by atoms with E-state index in [-0.39, 0.29) is 35.7 Å². The molecule has 0 aromatic heterocycles. The standard InChI is InChI=1S/C17H23N3O5/c1-11-4-5-14(20(23)24)16(12(11)2)18-15(21)10-19-8-6-13(7-9-19)17(22)25-3/h4-5,13H,6-10H2,1-3H3,(H,18,21). The maximum Gasteiger partial charge on any atom is 0.308 e. The number of aryl methyl sites for hydroxylation is 1. The molecule has 0 spiro atoms. The Hall–Kier alpha value is -2.48. The molecular formula is C17H23N3O5. The Labute approximate surface area is 146 Å². The number of methoxy groups -OCH3 is 1. The van der Waals surface area contributed by atoms with Gasteiger partial charge < -0.3 is 10.1 Å². The van der Waals surface area contributed by atoms with Crippen LogP contribution in [0.5, 0.6) is 0 Å². The highest BCUT2D eigenvalue weighted by Crippen LogP contribution is 2.30. The zero-order valence-corrected chi connectivity index (χ0v) is 14.7. The Balaban J connectivity index is 1.99. The van der Waals surface area contributed by atoms with Crippen molar-refractivity contribution in [1.82, 2.24) is 4.90 Å². The van der Waals surface area contributed by atoms with Crippen LogP contribution in [0, 0.1) is 29.9 Å². The summed E-state index contributed by atoms with van der Waals surface area (Å²) in [4.78, 5) is 36.5. The molecular weight excluding hydrogens is 326 g/mol. The molecule has 25 heavy (non-hydrogen) atoms. The van der Waals surface area contributed by atoms with E-state index in [0.717, 1.165) is 5.56 Å². The number of ether oxygens (including phenoxy) is 1. The van der Waals surface area contributed by atoms with Gasteiger partial charge in [-0.15, -0.1) is 0 Å². The van der Waals surface area contributed by atoms with Crippen LogP contribution in [0.3, 0.4) is 0 Å². The average molecular weight is 349 g/mol. The topological polar surface area (TPSA) is 102 Å². The molecule has 1 amide bonds. The van der Waals surface area contributed by atoms with Gasteiger partial charge in [0.1, 0.15) is 5.69 Å². The summed E-state index contributed by atoms with van der Waals surface area (Å²) >= 11 is 0. The van der Waals surface area contributed by atoms with E-state index in [2.05, 4.69) is 5.32 Å². The lowest BCUT2D eigenvalue weighted by Gasteiger charge is -2.30. The van der Waals surface area contributed by atoms with E-state index in [1.807, 2.05) is 11.8 Å². The number of likely N-dealkylation sites (tertiary alicyclic amines) is 1. The number of hydrogen-bond donors (Lipinski definition) is 1. The summed E-state index contributed by atoms with van der Waals surface area (Å²) in [6.07, 6.45) is 1.28. The van der Waals surface area contributed by atoms with Crippen molar-refractivity contribution in [1.29, 1.82) is 0 Å². The number of carbonyl (C=O) groups is 2. The average Bonchev–Trinajstić information content (AvgIpc) is 2.58. The van der Waals surface area contributed by atoms with Crippen molar-refractivity contribution in [3.05, 3.63) is 33.4 Å². The second-order valence-electron chi connectivity index (χ2n) is 6.28. The van der Waals surface area contributed by atoms with Crippen LogP contribution in [0.2, 0.25) is 0 Å². The van der Waals surface area contributed by atoms with Crippen LogP contribution in [0.1, 0.15) is 24.0 Å². The summed E-state index contributed by atoms with van der Waals surface area (Å²) in [5, 5.41) is 13.9. The molecule has 1 aromatic rings. The van der Waals surface area contributed by atoms with E-state index in [9.17, 15) is 19.7 Å². The zero-order chi connectivity index (χ0) is 18.6. The van der Waals surface area contributed by atoms with E-state index in [1.165, 1.54) is 13.2 Å². The van der Waals surface area contributed by atoms with Crippen molar-refractivity contribution in [2.75, 3.05) is 32.1 Å². The molecule has 8 heteroatoms. The van der Waals surface area contributed by atoms with Gasteiger partial charge >= 0.3 is 5.97 Å². The third-order valence-electron chi connectivity index (χ3n) is 4.66. The van der Waals surface area contributed by atoms with E-state index in [0.29, 0.717) is 31.5 Å². The first-order valence-corrected chi connectivity index (χ1v) is 8.18. The molecule has 1 aliphatic rings. The Morgan fingerprint density at radius 1 is 1.32 bits per heavy atom. The summed E-state index contributed by atoms with van der Waals surface area (Å²) in [6.45, 7) is 4.95. The zero-order valence-electron chi connectivity index (χ0n) is 14.7. The minimum absolute atomic E-state index is 0.110. The van der Waals surface area contributed by atoms with Crippen molar-refractivity contribution in [2.24, 2.45) is 5.92 Å². The van der Waals surface area contributed by atoms with Gasteiger partial charge in [-0.05, 0) is 50.9 Å². The molecule has 1 saturated heterocycles. The summed E-state index contributed by atoms with van der Waals surface area (Å²) in [5.74, 6) is -0.632. The molecule has 0 radical (unpaired) electrons. The number of nitrogens with zero attached hydrogens (tertiary/aromatic N) is 2. The van der Waals surface area contributed by atoms with Crippen LogP contribution in [0.4, 0.5) is 11.4 Å². The lowest BCUT2D eigenvalue weighted by molar-refractivity contribution is -0.384. The maximum absolute atomic E-state index is 12.3. The van der Waals surface area contributed by atoms with Crippen molar-refractivity contribution in [2.45, 2.75) is 26.7 Å². The number of piperidine rings is 1. The first-order chi connectivity index (χ1) is 11.8. The van der Waals surface area contributed by atoms with Crippen LogP contribution in [0.25, 0.3) is 0 Å². The summed E-state index contributed by atoms with van der Waals surface area (Å²) in [7, 11) is 1.37. The smallest absolute Gasteiger partial charge is 0.308 e. The molecule has 0 atom stereocenters. The number of esters is 1. The quantitative estimate of drug-likeness (QED) is 0.496. The Morgan fingerprint density at radius 3 is 2.52 bits per heavy atom. The minimum atomic E-state index is -0.496. The normalized spacial score (nSPS) is 15.6. The summed E-state index contributed by atoms with van der Waals surface area (Å²) in [5.41, 5.74) is 1.70. The van der Waals surface area contributed by atoms with Crippen LogP contribution in [0.15, 0.2) is 12.1 Å². The molecule has 1 N–H and O–H groups in total. The predicted octanol–water partition coefficient (Wildman–Crippen LogP) is 2.04. The fraction of sp³-hybridized carbons (Fsp3) is 0.529. The number of rotatable bonds is 5. The second-order valence-corrected chi connectivity index (χ2v) is 6.28. The first-order valence-electron chi connectivity index (χ1n) is 8.18. The van der Waals surface area contributed by atoms with Crippen LogP contribution in [-0.2, 0) is 14.3 Å². The number of carbonyl (C=O) groups excluding carboxylic acids is 2. The molecule has 0 unspecified atom stereocenters. The van der Waals surface area contributed by atoms with E-state index >= 15 is 0 Å². The highest BCUT2D eigenvalue weighted by Gasteiger charge is 2.27. The monoisotopic (exact) mass is 349 g/mol. The molecule has 1 heterocycles.